The number of rotatable bonds is 1. The molecular weight excluding hydrogens is 316 g/mol. The lowest BCUT2D eigenvalue weighted by Crippen LogP contribution is -2.43. The van der Waals surface area contributed by atoms with Gasteiger partial charge < -0.3 is 10.6 Å². The lowest BCUT2D eigenvalue weighted by Gasteiger charge is -2.27. The molecule has 0 saturated heterocycles. The van der Waals surface area contributed by atoms with Crippen LogP contribution in [0.3, 0.4) is 0 Å². The largest absolute Gasteiger partial charge is 0.492 e. The number of benzene rings is 2. The Bertz CT molecular complexity index is 817. The molecule has 0 unspecified atom stereocenters. The Hall–Kier alpha value is -2.54. The van der Waals surface area contributed by atoms with Gasteiger partial charge in [-0.25, -0.2) is 15.0 Å². The summed E-state index contributed by atoms with van der Waals surface area (Å²) in [7, 11) is 0. The standard InChI is InChI=1S/C16H13ClN4O.H2O/c1-10-15-16(22)20(12-8-6-11(17)7-9-12)19-21(15)14-5-3-2-4-13(14)18-10;/h2-9,19,22H,1H3;1H2. The third-order valence-corrected chi connectivity index (χ3v) is 3.94. The van der Waals surface area contributed by atoms with Crippen LogP contribution in [0.15, 0.2) is 65.1 Å². The van der Waals surface area contributed by atoms with Crippen LogP contribution in [0.2, 0.25) is 5.02 Å². The van der Waals surface area contributed by atoms with Crippen LogP contribution in [-0.4, -0.2) is 16.3 Å². The van der Waals surface area contributed by atoms with E-state index in [1.165, 1.54) is 0 Å². The van der Waals surface area contributed by atoms with E-state index in [2.05, 4.69) is 10.5 Å². The van der Waals surface area contributed by atoms with Gasteiger partial charge >= 0.3 is 0 Å². The Morgan fingerprint density at radius 1 is 1.04 bits per heavy atom. The van der Waals surface area contributed by atoms with Crippen LogP contribution < -0.4 is 15.6 Å². The highest BCUT2D eigenvalue weighted by Crippen LogP contribution is 2.39. The lowest BCUT2D eigenvalue weighted by molar-refractivity contribution is 0.389. The molecule has 118 valence electrons. The highest BCUT2D eigenvalue weighted by molar-refractivity contribution is 6.30. The van der Waals surface area contributed by atoms with Crippen LogP contribution in [0, 0.1) is 0 Å². The maximum Gasteiger partial charge on any atom is 0.235 e. The predicted octanol–water partition coefficient (Wildman–Crippen LogP) is 3.09. The predicted molar refractivity (Wildman–Crippen MR) is 92.0 cm³/mol. The van der Waals surface area contributed by atoms with E-state index in [0.717, 1.165) is 22.8 Å². The summed E-state index contributed by atoms with van der Waals surface area (Å²) >= 11 is 5.92. The summed E-state index contributed by atoms with van der Waals surface area (Å²) < 4.78 is 0. The molecule has 2 heterocycles. The fourth-order valence-corrected chi connectivity index (χ4v) is 2.78. The number of aliphatic hydroxyl groups is 1. The highest BCUT2D eigenvalue weighted by Gasteiger charge is 2.36. The molecule has 2 aromatic rings. The maximum absolute atomic E-state index is 10.6. The summed E-state index contributed by atoms with van der Waals surface area (Å²) in [6.45, 7) is 1.88. The van der Waals surface area contributed by atoms with Crippen LogP contribution in [0.25, 0.3) is 0 Å². The molecule has 0 aromatic heterocycles. The van der Waals surface area contributed by atoms with Gasteiger partial charge in [0.2, 0.25) is 5.88 Å². The van der Waals surface area contributed by atoms with Gasteiger partial charge in [0.25, 0.3) is 0 Å². The Balaban J connectivity index is 0.00000156. The molecule has 6 nitrogen and oxygen atoms in total. The molecule has 2 aliphatic rings. The van der Waals surface area contributed by atoms with Crippen LogP contribution in [0.1, 0.15) is 6.92 Å². The number of nitrogens with one attached hydrogen (secondary N) is 1. The molecular formula is C16H15ClN4O2. The van der Waals surface area contributed by atoms with Crippen molar-refractivity contribution in [1.82, 2.24) is 5.53 Å². The van der Waals surface area contributed by atoms with Crippen molar-refractivity contribution in [2.24, 2.45) is 4.99 Å². The number of allylic oxidation sites excluding steroid dienone is 1. The molecule has 0 atom stereocenters. The minimum atomic E-state index is 0. The summed E-state index contributed by atoms with van der Waals surface area (Å²) in [5.41, 5.74) is 7.12. The average molecular weight is 331 g/mol. The fourth-order valence-electron chi connectivity index (χ4n) is 2.65. The minimum Gasteiger partial charge on any atom is -0.492 e. The fraction of sp³-hybridized carbons (Fsp3) is 0.0625. The van der Waals surface area contributed by atoms with Crippen molar-refractivity contribution in [3.8, 4) is 0 Å². The molecule has 0 bridgehead atoms. The van der Waals surface area contributed by atoms with E-state index in [1.54, 1.807) is 17.1 Å². The van der Waals surface area contributed by atoms with E-state index >= 15 is 0 Å². The molecule has 0 aliphatic carbocycles. The Morgan fingerprint density at radius 2 is 1.74 bits per heavy atom. The van der Waals surface area contributed by atoms with E-state index in [4.69, 9.17) is 11.6 Å². The maximum atomic E-state index is 10.6. The Morgan fingerprint density at radius 3 is 2.48 bits per heavy atom. The number of hydrazine groups is 2. The van der Waals surface area contributed by atoms with Gasteiger partial charge in [0.1, 0.15) is 5.70 Å². The first-order chi connectivity index (χ1) is 10.6. The zero-order valence-electron chi connectivity index (χ0n) is 12.3. The van der Waals surface area contributed by atoms with E-state index in [0.29, 0.717) is 10.7 Å². The van der Waals surface area contributed by atoms with Crippen molar-refractivity contribution >= 4 is 34.4 Å². The van der Waals surface area contributed by atoms with Crippen molar-refractivity contribution < 1.29 is 10.6 Å². The molecule has 23 heavy (non-hydrogen) atoms. The minimum absolute atomic E-state index is 0. The smallest absolute Gasteiger partial charge is 0.235 e. The van der Waals surface area contributed by atoms with Gasteiger partial charge in [-0.05, 0) is 43.3 Å². The van der Waals surface area contributed by atoms with Gasteiger partial charge in [0.05, 0.1) is 22.8 Å². The molecule has 2 aliphatic heterocycles. The van der Waals surface area contributed by atoms with Crippen LogP contribution in [0.5, 0.6) is 0 Å². The highest BCUT2D eigenvalue weighted by atomic mass is 35.5. The van der Waals surface area contributed by atoms with Gasteiger partial charge in [-0.15, -0.1) is 5.53 Å². The van der Waals surface area contributed by atoms with Crippen molar-refractivity contribution in [2.75, 3.05) is 10.0 Å². The monoisotopic (exact) mass is 330 g/mol. The first-order valence-electron chi connectivity index (χ1n) is 6.85. The second-order valence-electron chi connectivity index (χ2n) is 5.11. The van der Waals surface area contributed by atoms with Crippen LogP contribution in [0.4, 0.5) is 17.1 Å². The molecule has 4 rings (SSSR count). The second-order valence-corrected chi connectivity index (χ2v) is 5.54. The number of aliphatic hydroxyl groups excluding tert-OH is 1. The third-order valence-electron chi connectivity index (χ3n) is 3.69. The number of halogens is 1. The van der Waals surface area contributed by atoms with Gasteiger partial charge in [0, 0.05) is 5.02 Å². The normalized spacial score (nSPS) is 15.8. The summed E-state index contributed by atoms with van der Waals surface area (Å²) in [6, 6.07) is 15.0. The van der Waals surface area contributed by atoms with Crippen LogP contribution >= 0.6 is 11.6 Å². The van der Waals surface area contributed by atoms with Crippen molar-refractivity contribution in [1.29, 1.82) is 0 Å². The number of fused-ring (bicyclic) bond motifs is 3. The lowest BCUT2D eigenvalue weighted by atomic mass is 10.1. The summed E-state index contributed by atoms with van der Waals surface area (Å²) in [6.07, 6.45) is 0. The van der Waals surface area contributed by atoms with Gasteiger partial charge in [-0.3, -0.25) is 0 Å². The molecule has 0 radical (unpaired) electrons. The molecule has 2 aromatic carbocycles. The summed E-state index contributed by atoms with van der Waals surface area (Å²) in [4.78, 5) is 4.55. The zero-order valence-corrected chi connectivity index (χ0v) is 13.0. The number of hydrogen-bond donors (Lipinski definition) is 2. The zero-order chi connectivity index (χ0) is 15.3. The number of aliphatic imine (C=N–C) groups is 1. The topological polar surface area (TPSA) is 82.6 Å². The van der Waals surface area contributed by atoms with E-state index in [-0.39, 0.29) is 11.4 Å². The van der Waals surface area contributed by atoms with E-state index < -0.39 is 0 Å². The first-order valence-corrected chi connectivity index (χ1v) is 7.23. The Labute approximate surface area is 138 Å². The van der Waals surface area contributed by atoms with Crippen LogP contribution in [-0.2, 0) is 0 Å². The average Bonchev–Trinajstić information content (AvgIpc) is 2.87. The third kappa shape index (κ3) is 2.33. The van der Waals surface area contributed by atoms with Crippen molar-refractivity contribution in [3.05, 3.63) is 65.1 Å². The molecule has 0 amide bonds. The summed E-state index contributed by atoms with van der Waals surface area (Å²) in [5.74, 6) is 0.109. The van der Waals surface area contributed by atoms with Crippen molar-refractivity contribution in [2.45, 2.75) is 6.92 Å². The number of anilines is 2. The van der Waals surface area contributed by atoms with Crippen molar-refractivity contribution in [3.63, 3.8) is 0 Å². The van der Waals surface area contributed by atoms with Gasteiger partial charge in [0.15, 0.2) is 0 Å². The molecule has 4 N–H and O–H groups in total. The summed E-state index contributed by atoms with van der Waals surface area (Å²) in [5, 5.41) is 14.7. The second kappa shape index (κ2) is 5.58. The SMILES string of the molecule is CC1=Nc2ccccc2N2NN(c3ccc(Cl)cc3)C(O)=C12.O. The van der Waals surface area contributed by atoms with Gasteiger partial charge in [-0.2, -0.15) is 0 Å². The molecule has 7 heteroatoms. The first kappa shape index (κ1) is 15.4. The van der Waals surface area contributed by atoms with E-state index in [9.17, 15) is 5.11 Å². The Kier molecular flexibility index (Phi) is 3.73. The number of hydrogen-bond acceptors (Lipinski definition) is 5. The quantitative estimate of drug-likeness (QED) is 0.841. The molecule has 0 fully saturated rings. The van der Waals surface area contributed by atoms with Gasteiger partial charge in [-0.1, -0.05) is 23.7 Å². The van der Waals surface area contributed by atoms with E-state index in [1.807, 2.05) is 48.3 Å². The number of nitrogens with zero attached hydrogens (tertiary/aromatic N) is 3. The number of para-hydroxylation sites is 2. The molecule has 0 spiro atoms. The molecule has 0 saturated carbocycles.